The maximum Gasteiger partial charge on any atom is 0.241 e. The number of nitrogens with one attached hydrogen (secondary N) is 1. The minimum Gasteiger partial charge on any atom is -0.349 e. The molecule has 0 spiro atoms. The lowest BCUT2D eigenvalue weighted by atomic mass is 9.93. The van der Waals surface area contributed by atoms with Crippen molar-refractivity contribution >= 4 is 5.91 Å². The summed E-state index contributed by atoms with van der Waals surface area (Å²) in [5, 5.41) is 7.29. The number of amides is 1. The monoisotopic (exact) mass is 450 g/mol. The number of carbonyl (C=O) groups excluding carboxylic acids is 1. The maximum atomic E-state index is 13.1. The number of halogens is 1. The van der Waals surface area contributed by atoms with E-state index in [0.717, 1.165) is 37.9 Å². The Morgan fingerprint density at radius 3 is 2.58 bits per heavy atom. The van der Waals surface area contributed by atoms with E-state index in [-0.39, 0.29) is 23.7 Å². The summed E-state index contributed by atoms with van der Waals surface area (Å²) >= 11 is 0. The lowest BCUT2D eigenvalue weighted by Crippen LogP contribution is -2.41. The van der Waals surface area contributed by atoms with Crippen molar-refractivity contribution in [2.45, 2.75) is 52.6 Å². The fourth-order valence-electron chi connectivity index (χ4n) is 4.49. The summed E-state index contributed by atoms with van der Waals surface area (Å²) < 4.78 is 18.5. The van der Waals surface area contributed by atoms with Crippen LogP contribution >= 0.6 is 0 Å². The number of carbonyl (C=O) groups is 1. The van der Waals surface area contributed by atoms with E-state index >= 15 is 0 Å². The van der Waals surface area contributed by atoms with Crippen LogP contribution in [0.25, 0.3) is 11.4 Å². The molecule has 0 aliphatic carbocycles. The highest BCUT2D eigenvalue weighted by molar-refractivity contribution is 5.79. The van der Waals surface area contributed by atoms with E-state index in [1.807, 2.05) is 0 Å². The first kappa shape index (κ1) is 23.1. The number of aromatic nitrogens is 2. The molecule has 1 atom stereocenters. The Labute approximate surface area is 194 Å². The lowest BCUT2D eigenvalue weighted by molar-refractivity contribution is -0.127. The lowest BCUT2D eigenvalue weighted by Gasteiger charge is -2.31. The third kappa shape index (κ3) is 5.66. The van der Waals surface area contributed by atoms with Crippen molar-refractivity contribution in [1.29, 1.82) is 0 Å². The van der Waals surface area contributed by atoms with Crippen molar-refractivity contribution in [2.24, 2.45) is 5.92 Å². The molecule has 3 aromatic rings. The molecule has 4 rings (SSSR count). The molecule has 0 saturated carbocycles. The molecule has 0 radical (unpaired) electrons. The van der Waals surface area contributed by atoms with Crippen molar-refractivity contribution in [3.05, 3.63) is 70.9 Å². The smallest absolute Gasteiger partial charge is 0.241 e. The fourth-order valence-corrected chi connectivity index (χ4v) is 4.49. The Morgan fingerprint density at radius 1 is 1.18 bits per heavy atom. The second-order valence-electron chi connectivity index (χ2n) is 8.90. The Morgan fingerprint density at radius 2 is 1.91 bits per heavy atom. The van der Waals surface area contributed by atoms with E-state index in [1.54, 1.807) is 12.1 Å². The van der Waals surface area contributed by atoms with Gasteiger partial charge in [0, 0.05) is 11.5 Å². The zero-order valence-electron chi connectivity index (χ0n) is 19.5. The summed E-state index contributed by atoms with van der Waals surface area (Å²) in [6.45, 7) is 8.44. The van der Waals surface area contributed by atoms with Gasteiger partial charge in [0.2, 0.25) is 17.6 Å². The average Bonchev–Trinajstić information content (AvgIpc) is 3.27. The molecule has 1 N–H and O–H groups in total. The van der Waals surface area contributed by atoms with Gasteiger partial charge in [-0.05, 0) is 81.6 Å². The van der Waals surface area contributed by atoms with Crippen molar-refractivity contribution in [1.82, 2.24) is 20.4 Å². The summed E-state index contributed by atoms with van der Waals surface area (Å²) in [5.74, 6) is 0.833. The van der Waals surface area contributed by atoms with Crippen LogP contribution in [0.4, 0.5) is 4.39 Å². The Balaban J connectivity index is 1.29. The largest absolute Gasteiger partial charge is 0.349 e. The number of hydrogen-bond donors (Lipinski definition) is 1. The van der Waals surface area contributed by atoms with Crippen molar-refractivity contribution < 1.29 is 13.7 Å². The topological polar surface area (TPSA) is 71.3 Å². The van der Waals surface area contributed by atoms with Crippen molar-refractivity contribution in [2.75, 3.05) is 13.1 Å². The molecule has 7 heteroatoms. The maximum absolute atomic E-state index is 13.1. The van der Waals surface area contributed by atoms with Gasteiger partial charge in [0.15, 0.2) is 0 Å². The fraction of sp³-hybridized carbons (Fsp3) is 0.423. The van der Waals surface area contributed by atoms with E-state index in [2.05, 4.69) is 59.3 Å². The number of benzene rings is 2. The standard InChI is InChI=1S/C26H31FN4O2/c1-4-23(22-10-5-17(2)15-18(22)3)28-26(32)20-11-13-31(14-12-20)16-24-29-25(30-33-24)19-6-8-21(27)9-7-19/h5-10,15,20,23H,4,11-14,16H2,1-3H3,(H,28,32). The van der Waals surface area contributed by atoms with E-state index in [0.29, 0.717) is 18.3 Å². The molecule has 1 fully saturated rings. The van der Waals surface area contributed by atoms with Gasteiger partial charge in [-0.2, -0.15) is 4.98 Å². The van der Waals surface area contributed by atoms with Gasteiger partial charge in [0.05, 0.1) is 12.6 Å². The highest BCUT2D eigenvalue weighted by Crippen LogP contribution is 2.25. The minimum absolute atomic E-state index is 0.0125. The Kier molecular flexibility index (Phi) is 7.18. The van der Waals surface area contributed by atoms with Gasteiger partial charge in [-0.15, -0.1) is 0 Å². The van der Waals surface area contributed by atoms with Crippen molar-refractivity contribution in [3.63, 3.8) is 0 Å². The zero-order chi connectivity index (χ0) is 23.4. The molecule has 1 aliphatic rings. The number of aryl methyl sites for hydroxylation is 2. The van der Waals surface area contributed by atoms with E-state index in [1.165, 1.54) is 28.8 Å². The second-order valence-corrected chi connectivity index (χ2v) is 8.90. The van der Waals surface area contributed by atoms with Crippen LogP contribution in [-0.4, -0.2) is 34.0 Å². The second kappa shape index (κ2) is 10.3. The zero-order valence-corrected chi connectivity index (χ0v) is 19.5. The predicted molar refractivity (Wildman–Crippen MR) is 125 cm³/mol. The third-order valence-electron chi connectivity index (χ3n) is 6.41. The van der Waals surface area contributed by atoms with Crippen LogP contribution in [0.15, 0.2) is 47.0 Å². The summed E-state index contributed by atoms with van der Waals surface area (Å²) in [6, 6.07) is 12.5. The quantitative estimate of drug-likeness (QED) is 0.550. The third-order valence-corrected chi connectivity index (χ3v) is 6.41. The molecule has 1 aliphatic heterocycles. The SMILES string of the molecule is CCC(NC(=O)C1CCN(Cc2nc(-c3ccc(F)cc3)no2)CC1)c1ccc(C)cc1C. The molecular weight excluding hydrogens is 419 g/mol. The number of hydrogen-bond acceptors (Lipinski definition) is 5. The van der Waals surface area contributed by atoms with Crippen molar-refractivity contribution in [3.8, 4) is 11.4 Å². The molecule has 1 saturated heterocycles. The van der Waals surface area contributed by atoms with Crippen LogP contribution < -0.4 is 5.32 Å². The van der Waals surface area contributed by atoms with Crippen LogP contribution in [0.5, 0.6) is 0 Å². The van der Waals surface area contributed by atoms with E-state index < -0.39 is 0 Å². The normalized spacial score (nSPS) is 16.0. The first-order valence-corrected chi connectivity index (χ1v) is 11.6. The summed E-state index contributed by atoms with van der Waals surface area (Å²) in [4.78, 5) is 19.6. The molecule has 0 bridgehead atoms. The molecule has 2 heterocycles. The average molecular weight is 451 g/mol. The van der Waals surface area contributed by atoms with Gasteiger partial charge in [-0.1, -0.05) is 35.8 Å². The molecule has 174 valence electrons. The van der Waals surface area contributed by atoms with E-state index in [4.69, 9.17) is 4.52 Å². The molecule has 33 heavy (non-hydrogen) atoms. The van der Waals surface area contributed by atoms with Gasteiger partial charge in [-0.3, -0.25) is 9.69 Å². The van der Waals surface area contributed by atoms with Crippen LogP contribution in [0.2, 0.25) is 0 Å². The van der Waals surface area contributed by atoms with Gasteiger partial charge >= 0.3 is 0 Å². The summed E-state index contributed by atoms with van der Waals surface area (Å²) in [5.41, 5.74) is 4.37. The molecule has 1 amide bonds. The van der Waals surface area contributed by atoms with Crippen LogP contribution in [0.1, 0.15) is 54.8 Å². The molecule has 1 aromatic heterocycles. The van der Waals surface area contributed by atoms with Crippen LogP contribution in [0.3, 0.4) is 0 Å². The van der Waals surface area contributed by atoms with Gasteiger partial charge in [0.25, 0.3) is 0 Å². The Hall–Kier alpha value is -3.06. The number of nitrogens with zero attached hydrogens (tertiary/aromatic N) is 3. The van der Waals surface area contributed by atoms with Crippen LogP contribution in [0, 0.1) is 25.6 Å². The van der Waals surface area contributed by atoms with Gasteiger partial charge in [-0.25, -0.2) is 4.39 Å². The highest BCUT2D eigenvalue weighted by atomic mass is 19.1. The molecule has 1 unspecified atom stereocenters. The molecular formula is C26H31FN4O2. The molecule has 6 nitrogen and oxygen atoms in total. The minimum atomic E-state index is -0.298. The summed E-state index contributed by atoms with van der Waals surface area (Å²) in [6.07, 6.45) is 2.46. The first-order chi connectivity index (χ1) is 15.9. The van der Waals surface area contributed by atoms with E-state index in [9.17, 15) is 9.18 Å². The number of piperidine rings is 1. The van der Waals surface area contributed by atoms with Crippen LogP contribution in [-0.2, 0) is 11.3 Å². The summed E-state index contributed by atoms with van der Waals surface area (Å²) in [7, 11) is 0. The Bertz CT molecular complexity index is 1090. The van der Waals surface area contributed by atoms with Gasteiger partial charge < -0.3 is 9.84 Å². The number of likely N-dealkylation sites (tertiary alicyclic amines) is 1. The highest BCUT2D eigenvalue weighted by Gasteiger charge is 2.27. The first-order valence-electron chi connectivity index (χ1n) is 11.6. The van der Waals surface area contributed by atoms with Gasteiger partial charge in [0.1, 0.15) is 5.82 Å². The molecule has 2 aromatic carbocycles. The number of rotatable bonds is 7. The predicted octanol–water partition coefficient (Wildman–Crippen LogP) is 4.97.